The van der Waals surface area contributed by atoms with E-state index in [1.54, 1.807) is 0 Å². The van der Waals surface area contributed by atoms with Crippen molar-refractivity contribution in [1.29, 1.82) is 0 Å². The van der Waals surface area contributed by atoms with Crippen molar-refractivity contribution in [1.82, 2.24) is 15.0 Å². The number of nitrogens with one attached hydrogen (secondary N) is 1. The van der Waals surface area contributed by atoms with Gasteiger partial charge in [0.25, 0.3) is 0 Å². The molecule has 0 saturated carbocycles. The number of anilines is 2. The molecule has 1 rings (SSSR count). The molecular weight excluding hydrogens is 218 g/mol. The lowest BCUT2D eigenvalue weighted by atomic mass is 9.98. The van der Waals surface area contributed by atoms with Crippen LogP contribution in [0.2, 0.25) is 0 Å². The SMILES string of the molecule is CCOc1nc(N)nc(NCC(C)C(C)C)n1. The van der Waals surface area contributed by atoms with Crippen molar-refractivity contribution in [2.24, 2.45) is 11.8 Å². The molecule has 1 heterocycles. The summed E-state index contributed by atoms with van der Waals surface area (Å²) in [6.07, 6.45) is 0. The second-order valence-electron chi connectivity index (χ2n) is 4.34. The van der Waals surface area contributed by atoms with Crippen LogP contribution in [-0.4, -0.2) is 28.1 Å². The first-order valence-electron chi connectivity index (χ1n) is 5.91. The van der Waals surface area contributed by atoms with Crippen LogP contribution in [0, 0.1) is 11.8 Å². The smallest absolute Gasteiger partial charge is 0.323 e. The Balaban J connectivity index is 2.64. The Kier molecular flexibility index (Phi) is 4.93. The molecule has 0 aromatic carbocycles. The van der Waals surface area contributed by atoms with E-state index in [-0.39, 0.29) is 12.0 Å². The molecule has 0 aliphatic heterocycles. The number of ether oxygens (including phenoxy) is 1. The first kappa shape index (κ1) is 13.5. The number of nitrogen functional groups attached to an aromatic ring is 1. The Morgan fingerprint density at radius 1 is 1.24 bits per heavy atom. The molecule has 17 heavy (non-hydrogen) atoms. The lowest BCUT2D eigenvalue weighted by molar-refractivity contribution is 0.312. The average Bonchev–Trinajstić information content (AvgIpc) is 2.25. The topological polar surface area (TPSA) is 86.0 Å². The number of hydrogen-bond donors (Lipinski definition) is 2. The number of nitrogens with zero attached hydrogens (tertiary/aromatic N) is 3. The molecule has 0 aliphatic rings. The highest BCUT2D eigenvalue weighted by molar-refractivity contribution is 5.32. The number of nitrogens with two attached hydrogens (primary N) is 1. The predicted octanol–water partition coefficient (Wildman–Crippen LogP) is 1.56. The minimum absolute atomic E-state index is 0.170. The lowest BCUT2D eigenvalue weighted by Gasteiger charge is -2.16. The molecule has 0 bridgehead atoms. The second-order valence-corrected chi connectivity index (χ2v) is 4.34. The zero-order chi connectivity index (χ0) is 12.8. The van der Waals surface area contributed by atoms with Gasteiger partial charge in [-0.15, -0.1) is 0 Å². The highest BCUT2D eigenvalue weighted by atomic mass is 16.5. The maximum Gasteiger partial charge on any atom is 0.323 e. The summed E-state index contributed by atoms with van der Waals surface area (Å²) in [6.45, 7) is 9.71. The highest BCUT2D eigenvalue weighted by Crippen LogP contribution is 2.12. The van der Waals surface area contributed by atoms with Gasteiger partial charge in [0.05, 0.1) is 6.61 Å². The fourth-order valence-corrected chi connectivity index (χ4v) is 1.13. The molecule has 96 valence electrons. The molecule has 3 N–H and O–H groups in total. The van der Waals surface area contributed by atoms with Gasteiger partial charge in [-0.25, -0.2) is 0 Å². The van der Waals surface area contributed by atoms with Crippen molar-refractivity contribution < 1.29 is 4.74 Å². The molecule has 0 spiro atoms. The van der Waals surface area contributed by atoms with Crippen molar-refractivity contribution in [3.63, 3.8) is 0 Å². The zero-order valence-corrected chi connectivity index (χ0v) is 10.9. The first-order valence-corrected chi connectivity index (χ1v) is 5.91. The molecule has 1 unspecified atom stereocenters. The van der Waals surface area contributed by atoms with Crippen LogP contribution in [0.5, 0.6) is 6.01 Å². The molecule has 6 heteroatoms. The van der Waals surface area contributed by atoms with Gasteiger partial charge in [-0.3, -0.25) is 0 Å². The van der Waals surface area contributed by atoms with Crippen LogP contribution >= 0.6 is 0 Å². The third-order valence-electron chi connectivity index (χ3n) is 2.63. The summed E-state index contributed by atoms with van der Waals surface area (Å²) in [4.78, 5) is 12.0. The largest absolute Gasteiger partial charge is 0.464 e. The van der Waals surface area contributed by atoms with E-state index in [1.165, 1.54) is 0 Å². The Labute approximate surface area is 102 Å². The molecule has 0 aliphatic carbocycles. The van der Waals surface area contributed by atoms with Gasteiger partial charge in [-0.2, -0.15) is 15.0 Å². The van der Waals surface area contributed by atoms with Crippen molar-refractivity contribution in [3.05, 3.63) is 0 Å². The van der Waals surface area contributed by atoms with Crippen molar-refractivity contribution >= 4 is 11.9 Å². The van der Waals surface area contributed by atoms with Crippen molar-refractivity contribution in [2.45, 2.75) is 27.7 Å². The first-order chi connectivity index (χ1) is 8.02. The minimum Gasteiger partial charge on any atom is -0.464 e. The monoisotopic (exact) mass is 239 g/mol. The fraction of sp³-hybridized carbons (Fsp3) is 0.727. The third-order valence-corrected chi connectivity index (χ3v) is 2.63. The molecule has 0 saturated heterocycles. The molecule has 0 fully saturated rings. The van der Waals surface area contributed by atoms with Gasteiger partial charge in [0.1, 0.15) is 0 Å². The Hall–Kier alpha value is -1.59. The van der Waals surface area contributed by atoms with Crippen LogP contribution in [0.4, 0.5) is 11.9 Å². The van der Waals surface area contributed by atoms with Gasteiger partial charge < -0.3 is 15.8 Å². The minimum atomic E-state index is 0.170. The van der Waals surface area contributed by atoms with Crippen molar-refractivity contribution in [3.8, 4) is 6.01 Å². The molecule has 1 atom stereocenters. The maximum atomic E-state index is 5.57. The average molecular weight is 239 g/mol. The van der Waals surface area contributed by atoms with Crippen LogP contribution in [0.1, 0.15) is 27.7 Å². The third kappa shape index (κ3) is 4.42. The van der Waals surface area contributed by atoms with Crippen LogP contribution in [0.15, 0.2) is 0 Å². The molecule has 1 aromatic rings. The molecule has 1 aromatic heterocycles. The summed E-state index contributed by atoms with van der Waals surface area (Å²) in [5, 5.41) is 3.14. The van der Waals surface area contributed by atoms with E-state index in [0.717, 1.165) is 6.54 Å². The number of rotatable bonds is 6. The molecule has 0 amide bonds. The molecule has 0 radical (unpaired) electrons. The van der Waals surface area contributed by atoms with E-state index in [2.05, 4.69) is 41.0 Å². The highest BCUT2D eigenvalue weighted by Gasteiger charge is 2.09. The molecular formula is C11H21N5O. The summed E-state index contributed by atoms with van der Waals surface area (Å²) in [7, 11) is 0. The standard InChI is InChI=1S/C11H21N5O/c1-5-17-11-15-9(12)14-10(16-11)13-6-8(4)7(2)3/h7-8H,5-6H2,1-4H3,(H3,12,13,14,15,16). The van der Waals surface area contributed by atoms with E-state index in [0.29, 0.717) is 24.4 Å². The van der Waals surface area contributed by atoms with Crippen LogP contribution in [0.25, 0.3) is 0 Å². The number of aromatic nitrogens is 3. The lowest BCUT2D eigenvalue weighted by Crippen LogP contribution is -2.18. The van der Waals surface area contributed by atoms with Crippen molar-refractivity contribution in [2.75, 3.05) is 24.2 Å². The summed E-state index contributed by atoms with van der Waals surface area (Å²) >= 11 is 0. The van der Waals surface area contributed by atoms with E-state index in [9.17, 15) is 0 Å². The van der Waals surface area contributed by atoms with E-state index < -0.39 is 0 Å². The second kappa shape index (κ2) is 6.22. The van der Waals surface area contributed by atoms with Crippen LogP contribution < -0.4 is 15.8 Å². The van der Waals surface area contributed by atoms with Crippen LogP contribution in [0.3, 0.4) is 0 Å². The summed E-state index contributed by atoms with van der Waals surface area (Å²) in [5.74, 6) is 1.77. The Bertz CT molecular complexity index is 356. The fourth-order valence-electron chi connectivity index (χ4n) is 1.13. The van der Waals surface area contributed by atoms with E-state index >= 15 is 0 Å². The van der Waals surface area contributed by atoms with Gasteiger partial charge in [0.15, 0.2) is 0 Å². The van der Waals surface area contributed by atoms with E-state index in [4.69, 9.17) is 10.5 Å². The normalized spacial score (nSPS) is 12.5. The summed E-state index contributed by atoms with van der Waals surface area (Å²) in [5.41, 5.74) is 5.57. The Morgan fingerprint density at radius 2 is 1.94 bits per heavy atom. The zero-order valence-electron chi connectivity index (χ0n) is 10.9. The number of hydrogen-bond acceptors (Lipinski definition) is 6. The van der Waals surface area contributed by atoms with Gasteiger partial charge in [-0.1, -0.05) is 20.8 Å². The summed E-state index contributed by atoms with van der Waals surface area (Å²) in [6, 6.07) is 0.264. The van der Waals surface area contributed by atoms with Gasteiger partial charge in [0, 0.05) is 6.54 Å². The molecule has 6 nitrogen and oxygen atoms in total. The summed E-state index contributed by atoms with van der Waals surface area (Å²) < 4.78 is 5.20. The van der Waals surface area contributed by atoms with E-state index in [1.807, 2.05) is 6.92 Å². The van der Waals surface area contributed by atoms with Crippen LogP contribution in [-0.2, 0) is 0 Å². The van der Waals surface area contributed by atoms with Gasteiger partial charge >= 0.3 is 6.01 Å². The Morgan fingerprint density at radius 3 is 2.53 bits per heavy atom. The van der Waals surface area contributed by atoms with Gasteiger partial charge in [-0.05, 0) is 18.8 Å². The van der Waals surface area contributed by atoms with Gasteiger partial charge in [0.2, 0.25) is 11.9 Å². The maximum absolute atomic E-state index is 5.57. The predicted molar refractivity (Wildman–Crippen MR) is 67.9 cm³/mol. The quantitative estimate of drug-likeness (QED) is 0.783.